The molecule has 2 heterocycles. The first-order valence-electron chi connectivity index (χ1n) is 8.46. The molecule has 0 spiro atoms. The van der Waals surface area contributed by atoms with Crippen LogP contribution in [-0.4, -0.2) is 37.5 Å². The van der Waals surface area contributed by atoms with Crippen LogP contribution in [0.2, 0.25) is 0 Å². The van der Waals surface area contributed by atoms with Crippen LogP contribution in [0.15, 0.2) is 48.5 Å². The lowest BCUT2D eigenvalue weighted by Gasteiger charge is -2.13. The van der Waals surface area contributed by atoms with E-state index in [1.54, 1.807) is 7.11 Å². The lowest BCUT2D eigenvalue weighted by atomic mass is 10.1. The topological polar surface area (TPSA) is 42.3 Å². The summed E-state index contributed by atoms with van der Waals surface area (Å²) in [5.74, 6) is 1.88. The van der Waals surface area contributed by atoms with E-state index in [9.17, 15) is 0 Å². The van der Waals surface area contributed by atoms with Crippen molar-refractivity contribution >= 4 is 11.5 Å². The highest BCUT2D eigenvalue weighted by molar-refractivity contribution is 5.75. The number of ether oxygens (including phenoxy) is 1. The van der Waals surface area contributed by atoms with E-state index in [-0.39, 0.29) is 0 Å². The summed E-state index contributed by atoms with van der Waals surface area (Å²) >= 11 is 0. The molecule has 2 aromatic carbocycles. The highest BCUT2D eigenvalue weighted by Gasteiger charge is 2.25. The minimum absolute atomic E-state index is 0.815. The normalized spacial score (nSPS) is 12.6. The van der Waals surface area contributed by atoms with Crippen molar-refractivity contribution in [3.8, 4) is 22.7 Å². The molecule has 3 aromatic rings. The minimum Gasteiger partial charge on any atom is -0.494 e. The van der Waals surface area contributed by atoms with Crippen LogP contribution in [0.3, 0.4) is 0 Å². The Balaban J connectivity index is 1.88. The monoisotopic (exact) mass is 334 g/mol. The fourth-order valence-electron chi connectivity index (χ4n) is 3.32. The van der Waals surface area contributed by atoms with Crippen molar-refractivity contribution in [3.05, 3.63) is 54.1 Å². The van der Waals surface area contributed by atoms with Crippen molar-refractivity contribution in [2.24, 2.45) is 0 Å². The van der Waals surface area contributed by atoms with Gasteiger partial charge < -0.3 is 15.0 Å². The maximum atomic E-state index is 5.53. The van der Waals surface area contributed by atoms with Gasteiger partial charge in [0.2, 0.25) is 0 Å². The number of anilines is 2. The molecule has 5 nitrogen and oxygen atoms in total. The maximum absolute atomic E-state index is 5.53. The molecule has 0 unspecified atom stereocenters. The molecule has 0 amide bonds. The van der Waals surface area contributed by atoms with Crippen LogP contribution < -0.4 is 15.0 Å². The molecule has 0 aliphatic carbocycles. The van der Waals surface area contributed by atoms with Crippen molar-refractivity contribution in [2.45, 2.75) is 6.42 Å². The van der Waals surface area contributed by atoms with Gasteiger partial charge in [0.25, 0.3) is 0 Å². The molecule has 0 fully saturated rings. The van der Waals surface area contributed by atoms with Gasteiger partial charge in [-0.2, -0.15) is 5.10 Å². The van der Waals surface area contributed by atoms with Crippen LogP contribution in [-0.2, 0) is 6.42 Å². The summed E-state index contributed by atoms with van der Waals surface area (Å²) in [5, 5.41) is 8.42. The third kappa shape index (κ3) is 2.61. The smallest absolute Gasteiger partial charge is 0.144 e. The lowest BCUT2D eigenvalue weighted by molar-refractivity contribution is 0.412. The van der Waals surface area contributed by atoms with Gasteiger partial charge in [0.05, 0.1) is 12.8 Å². The summed E-state index contributed by atoms with van der Waals surface area (Å²) in [5.41, 5.74) is 5.56. The molecule has 0 bridgehead atoms. The van der Waals surface area contributed by atoms with Gasteiger partial charge in [0.1, 0.15) is 17.3 Å². The Morgan fingerprint density at radius 2 is 1.96 bits per heavy atom. The second-order valence-electron chi connectivity index (χ2n) is 6.38. The Morgan fingerprint density at radius 1 is 1.12 bits per heavy atom. The summed E-state index contributed by atoms with van der Waals surface area (Å²) in [6, 6.07) is 16.5. The number of hydrogen-bond donors (Lipinski definition) is 1. The number of methoxy groups -OCH3 is 1. The van der Waals surface area contributed by atoms with Gasteiger partial charge in [-0.15, -0.1) is 0 Å². The molecule has 4 rings (SSSR count). The molecule has 25 heavy (non-hydrogen) atoms. The van der Waals surface area contributed by atoms with Gasteiger partial charge in [-0.25, -0.2) is 4.68 Å². The van der Waals surface area contributed by atoms with Crippen LogP contribution in [0.25, 0.3) is 16.9 Å². The zero-order valence-corrected chi connectivity index (χ0v) is 14.8. The lowest BCUT2D eigenvalue weighted by Crippen LogP contribution is -2.08. The molecular weight excluding hydrogens is 312 g/mol. The maximum Gasteiger partial charge on any atom is 0.144 e. The zero-order valence-electron chi connectivity index (χ0n) is 14.8. The van der Waals surface area contributed by atoms with Crippen LogP contribution in [0.5, 0.6) is 5.75 Å². The van der Waals surface area contributed by atoms with Crippen molar-refractivity contribution in [2.75, 3.05) is 38.0 Å². The number of nitrogens with zero attached hydrogens (tertiary/aromatic N) is 3. The molecular formula is C20H22N4O. The predicted octanol–water partition coefficient (Wildman–Crippen LogP) is 3.58. The Hall–Kier alpha value is -2.95. The summed E-state index contributed by atoms with van der Waals surface area (Å²) in [6.45, 7) is 0.933. The fourth-order valence-corrected chi connectivity index (χ4v) is 3.32. The number of hydrogen-bond acceptors (Lipinski definition) is 4. The molecule has 1 N–H and O–H groups in total. The first-order valence-corrected chi connectivity index (χ1v) is 8.46. The molecule has 1 aromatic heterocycles. The van der Waals surface area contributed by atoms with Crippen LogP contribution in [0.4, 0.5) is 11.5 Å². The van der Waals surface area contributed by atoms with Gasteiger partial charge in [-0.1, -0.05) is 24.3 Å². The van der Waals surface area contributed by atoms with E-state index < -0.39 is 0 Å². The zero-order chi connectivity index (χ0) is 17.4. The van der Waals surface area contributed by atoms with E-state index in [1.807, 2.05) is 28.9 Å². The third-order valence-electron chi connectivity index (χ3n) is 4.60. The quantitative estimate of drug-likeness (QED) is 0.792. The number of aromatic nitrogens is 2. The highest BCUT2D eigenvalue weighted by Crippen LogP contribution is 2.37. The van der Waals surface area contributed by atoms with E-state index in [0.29, 0.717) is 0 Å². The first kappa shape index (κ1) is 15.6. The van der Waals surface area contributed by atoms with Crippen LogP contribution in [0.1, 0.15) is 5.56 Å². The largest absolute Gasteiger partial charge is 0.494 e. The summed E-state index contributed by atoms with van der Waals surface area (Å²) in [6.07, 6.45) is 0.978. The standard InChI is InChI=1S/C20H22N4O/c1-23(2)15-8-6-7-14(13-15)19-16-11-12-21-20(16)24(22-19)17-9-4-5-10-18(17)25-3/h4-10,13,21H,11-12H2,1-3H3. The summed E-state index contributed by atoms with van der Waals surface area (Å²) in [7, 11) is 5.80. The minimum atomic E-state index is 0.815. The van der Waals surface area contributed by atoms with Crippen molar-refractivity contribution in [3.63, 3.8) is 0 Å². The second-order valence-corrected chi connectivity index (χ2v) is 6.38. The third-order valence-corrected chi connectivity index (χ3v) is 4.60. The van der Waals surface area contributed by atoms with Gasteiger partial charge in [-0.3, -0.25) is 0 Å². The Bertz CT molecular complexity index is 914. The van der Waals surface area contributed by atoms with E-state index in [1.165, 1.54) is 11.3 Å². The molecule has 0 saturated heterocycles. The molecule has 5 heteroatoms. The average Bonchev–Trinajstić information content (AvgIpc) is 3.24. The first-order chi connectivity index (χ1) is 12.2. The second kappa shape index (κ2) is 6.16. The Labute approximate surface area is 147 Å². The summed E-state index contributed by atoms with van der Waals surface area (Å²) in [4.78, 5) is 2.11. The average molecular weight is 334 g/mol. The number of rotatable bonds is 4. The number of para-hydroxylation sites is 2. The molecule has 0 saturated carbocycles. The van der Waals surface area contributed by atoms with Crippen molar-refractivity contribution in [1.29, 1.82) is 0 Å². The van der Waals surface area contributed by atoms with E-state index >= 15 is 0 Å². The number of fused-ring (bicyclic) bond motifs is 1. The van der Waals surface area contributed by atoms with E-state index in [2.05, 4.69) is 48.6 Å². The Kier molecular flexibility index (Phi) is 3.84. The fraction of sp³-hybridized carbons (Fsp3) is 0.250. The van der Waals surface area contributed by atoms with Crippen LogP contribution in [0, 0.1) is 0 Å². The van der Waals surface area contributed by atoms with Gasteiger partial charge in [0, 0.05) is 37.5 Å². The van der Waals surface area contributed by atoms with Crippen molar-refractivity contribution < 1.29 is 4.74 Å². The number of benzene rings is 2. The number of nitrogens with one attached hydrogen (secondary N) is 1. The SMILES string of the molecule is COc1ccccc1-n1nc(-c2cccc(N(C)C)c2)c2c1NCC2. The van der Waals surface area contributed by atoms with Crippen molar-refractivity contribution in [1.82, 2.24) is 9.78 Å². The van der Waals surface area contributed by atoms with E-state index in [4.69, 9.17) is 9.84 Å². The van der Waals surface area contributed by atoms with Gasteiger partial charge in [0.15, 0.2) is 0 Å². The van der Waals surface area contributed by atoms with Gasteiger partial charge in [-0.05, 0) is 30.7 Å². The Morgan fingerprint density at radius 3 is 2.76 bits per heavy atom. The molecule has 0 atom stereocenters. The molecule has 128 valence electrons. The predicted molar refractivity (Wildman–Crippen MR) is 102 cm³/mol. The van der Waals surface area contributed by atoms with Gasteiger partial charge >= 0.3 is 0 Å². The van der Waals surface area contributed by atoms with Crippen LogP contribution >= 0.6 is 0 Å². The summed E-state index contributed by atoms with van der Waals surface area (Å²) < 4.78 is 7.50. The molecule has 0 radical (unpaired) electrons. The molecule has 1 aliphatic rings. The van der Waals surface area contributed by atoms with E-state index in [0.717, 1.165) is 41.5 Å². The highest BCUT2D eigenvalue weighted by atomic mass is 16.5. The molecule has 1 aliphatic heterocycles.